The van der Waals surface area contributed by atoms with Crippen molar-refractivity contribution in [1.29, 1.82) is 0 Å². The van der Waals surface area contributed by atoms with Gasteiger partial charge in [0.1, 0.15) is 12.1 Å². The first-order valence-electron chi connectivity index (χ1n) is 11.3. The lowest BCUT2D eigenvalue weighted by molar-refractivity contribution is 0.0787. The van der Waals surface area contributed by atoms with E-state index in [1.807, 2.05) is 31.3 Å². The fourth-order valence-electron chi connectivity index (χ4n) is 4.33. The minimum atomic E-state index is -0.120. The second-order valence-corrected chi connectivity index (χ2v) is 8.46. The largest absolute Gasteiger partial charge is 0.369 e. The molecule has 2 unspecified atom stereocenters. The minimum Gasteiger partial charge on any atom is -0.369 e. The van der Waals surface area contributed by atoms with Gasteiger partial charge in [-0.05, 0) is 24.6 Å². The van der Waals surface area contributed by atoms with Crippen LogP contribution in [-0.4, -0.2) is 39.4 Å². The van der Waals surface area contributed by atoms with Crippen molar-refractivity contribution in [3.63, 3.8) is 0 Å². The molecule has 1 aromatic carbocycles. The van der Waals surface area contributed by atoms with Crippen LogP contribution in [0.2, 0.25) is 0 Å². The Labute approximate surface area is 197 Å². The number of benzene rings is 1. The molecule has 3 aromatic heterocycles. The summed E-state index contributed by atoms with van der Waals surface area (Å²) in [6.45, 7) is 5.36. The zero-order chi connectivity index (χ0) is 23.7. The van der Waals surface area contributed by atoms with Gasteiger partial charge in [0.2, 0.25) is 0 Å². The van der Waals surface area contributed by atoms with Gasteiger partial charge in [-0.1, -0.05) is 25.1 Å². The number of fused-ring (bicyclic) bond motifs is 2. The summed E-state index contributed by atoms with van der Waals surface area (Å²) in [5.74, 6) is 0.751. The molecule has 2 N–H and O–H groups in total. The molecule has 0 saturated heterocycles. The fraction of sp³-hybridized carbons (Fsp3) is 0.269. The van der Waals surface area contributed by atoms with Crippen molar-refractivity contribution in [2.75, 3.05) is 18.9 Å². The number of hydrogen-bond acceptors (Lipinski definition) is 7. The molecule has 0 aliphatic carbocycles. The second kappa shape index (κ2) is 9.15. The smallest absolute Gasteiger partial charge is 0.251 e. The van der Waals surface area contributed by atoms with Crippen LogP contribution in [0.3, 0.4) is 0 Å². The number of carbonyl (C=O) groups is 1. The summed E-state index contributed by atoms with van der Waals surface area (Å²) in [5.41, 5.74) is 6.37. The van der Waals surface area contributed by atoms with E-state index in [9.17, 15) is 4.79 Å². The van der Waals surface area contributed by atoms with Crippen LogP contribution in [0.1, 0.15) is 53.0 Å². The number of ether oxygens (including phenoxy) is 1. The minimum absolute atomic E-state index is 0.0426. The van der Waals surface area contributed by atoms with E-state index >= 15 is 0 Å². The van der Waals surface area contributed by atoms with Crippen LogP contribution < -0.4 is 10.6 Å². The molecule has 0 spiro atoms. The van der Waals surface area contributed by atoms with Crippen LogP contribution in [0.25, 0.3) is 22.2 Å². The first-order chi connectivity index (χ1) is 16.5. The normalized spacial score (nSPS) is 15.7. The van der Waals surface area contributed by atoms with E-state index < -0.39 is 0 Å². The quantitative estimate of drug-likeness (QED) is 0.449. The van der Waals surface area contributed by atoms with Crippen molar-refractivity contribution in [1.82, 2.24) is 25.3 Å². The zero-order valence-corrected chi connectivity index (χ0v) is 19.4. The Morgan fingerprint density at radius 3 is 2.91 bits per heavy atom. The summed E-state index contributed by atoms with van der Waals surface area (Å²) in [5, 5.41) is 6.97. The zero-order valence-electron chi connectivity index (χ0n) is 19.4. The molecule has 1 aliphatic heterocycles. The first-order valence-corrected chi connectivity index (χ1v) is 11.3. The number of anilines is 1. The molecule has 0 bridgehead atoms. The number of rotatable bonds is 6. The third-order valence-electron chi connectivity index (χ3n) is 6.27. The third-order valence-corrected chi connectivity index (χ3v) is 6.27. The predicted octanol–water partition coefficient (Wildman–Crippen LogP) is 4.25. The van der Waals surface area contributed by atoms with E-state index in [2.05, 4.69) is 49.6 Å². The van der Waals surface area contributed by atoms with Crippen LogP contribution >= 0.6 is 0 Å². The molecule has 2 atom stereocenters. The third kappa shape index (κ3) is 4.08. The predicted molar refractivity (Wildman–Crippen MR) is 131 cm³/mol. The van der Waals surface area contributed by atoms with Crippen molar-refractivity contribution in [2.45, 2.75) is 32.5 Å². The van der Waals surface area contributed by atoms with Crippen molar-refractivity contribution < 1.29 is 9.53 Å². The van der Waals surface area contributed by atoms with Gasteiger partial charge >= 0.3 is 0 Å². The number of pyridine rings is 2. The van der Waals surface area contributed by atoms with E-state index in [0.717, 1.165) is 44.8 Å². The maximum Gasteiger partial charge on any atom is 0.251 e. The molecule has 0 fully saturated rings. The molecule has 5 rings (SSSR count). The van der Waals surface area contributed by atoms with Gasteiger partial charge in [-0.3, -0.25) is 14.8 Å². The van der Waals surface area contributed by atoms with E-state index in [0.29, 0.717) is 18.7 Å². The van der Waals surface area contributed by atoms with Crippen molar-refractivity contribution >= 4 is 22.6 Å². The van der Waals surface area contributed by atoms with Gasteiger partial charge < -0.3 is 15.4 Å². The lowest BCUT2D eigenvalue weighted by Crippen LogP contribution is -2.18. The molecule has 4 aromatic rings. The Morgan fingerprint density at radius 1 is 1.18 bits per heavy atom. The lowest BCUT2D eigenvalue weighted by Gasteiger charge is -2.16. The lowest BCUT2D eigenvalue weighted by atomic mass is 9.96. The van der Waals surface area contributed by atoms with Crippen LogP contribution in [0.4, 0.5) is 5.82 Å². The number of nitrogens with one attached hydrogen (secondary N) is 2. The maximum atomic E-state index is 12.3. The summed E-state index contributed by atoms with van der Waals surface area (Å²) in [6, 6.07) is 11.7. The average Bonchev–Trinajstić information content (AvgIpc) is 3.26. The van der Waals surface area contributed by atoms with E-state index in [1.54, 1.807) is 25.6 Å². The molecular formula is C26H26N6O2. The topological polar surface area (TPSA) is 102 Å². The van der Waals surface area contributed by atoms with E-state index in [-0.39, 0.29) is 17.9 Å². The van der Waals surface area contributed by atoms with Crippen molar-refractivity contribution in [3.05, 3.63) is 77.5 Å². The average molecular weight is 455 g/mol. The summed E-state index contributed by atoms with van der Waals surface area (Å²) in [7, 11) is 1.63. The van der Waals surface area contributed by atoms with Gasteiger partial charge in [-0.15, -0.1) is 0 Å². The number of para-hydroxylation sites is 1. The first kappa shape index (κ1) is 21.9. The van der Waals surface area contributed by atoms with E-state index in [1.165, 1.54) is 0 Å². The number of carbonyl (C=O) groups excluding carboxylic acids is 1. The second-order valence-electron chi connectivity index (χ2n) is 8.46. The molecule has 4 heterocycles. The van der Waals surface area contributed by atoms with Crippen molar-refractivity contribution in [3.8, 4) is 11.3 Å². The standard InChI is InChI=1S/C26H26N6O2/c1-15(18-5-4-6-19-20(26(33)27-3)7-8-28-25(18)19)11-30-24-10-22(31-14-32-24)17-9-21-16(2)34-13-23(21)29-12-17/h4-10,12,14-16H,11,13H2,1-3H3,(H,27,33)(H,30,31,32). The highest BCUT2D eigenvalue weighted by atomic mass is 16.5. The Balaban J connectivity index is 1.36. The van der Waals surface area contributed by atoms with Crippen LogP contribution in [0.5, 0.6) is 0 Å². The van der Waals surface area contributed by atoms with Crippen LogP contribution in [0.15, 0.2) is 55.1 Å². The molecule has 8 heteroatoms. The molecular weight excluding hydrogens is 428 g/mol. The van der Waals surface area contributed by atoms with Crippen molar-refractivity contribution in [2.24, 2.45) is 0 Å². The van der Waals surface area contributed by atoms with Gasteiger partial charge in [-0.2, -0.15) is 0 Å². The number of aromatic nitrogens is 4. The van der Waals surface area contributed by atoms with Gasteiger partial charge in [0.15, 0.2) is 0 Å². The molecule has 172 valence electrons. The van der Waals surface area contributed by atoms with Crippen LogP contribution in [0, 0.1) is 0 Å². The summed E-state index contributed by atoms with van der Waals surface area (Å²) >= 11 is 0. The summed E-state index contributed by atoms with van der Waals surface area (Å²) in [6.07, 6.45) is 5.12. The van der Waals surface area contributed by atoms with Gasteiger partial charge in [0.25, 0.3) is 5.91 Å². The molecule has 0 saturated carbocycles. The van der Waals surface area contributed by atoms with Gasteiger partial charge in [0, 0.05) is 54.5 Å². The number of amides is 1. The molecule has 1 aliphatic rings. The van der Waals surface area contributed by atoms with Crippen LogP contribution in [-0.2, 0) is 11.3 Å². The Morgan fingerprint density at radius 2 is 2.06 bits per heavy atom. The maximum absolute atomic E-state index is 12.3. The molecule has 0 radical (unpaired) electrons. The molecule has 1 amide bonds. The highest BCUT2D eigenvalue weighted by molar-refractivity contribution is 6.06. The number of nitrogens with zero attached hydrogens (tertiary/aromatic N) is 4. The van der Waals surface area contributed by atoms with Gasteiger partial charge in [0.05, 0.1) is 35.2 Å². The Bertz CT molecular complexity index is 1370. The Kier molecular flexibility index (Phi) is 5.90. The molecule has 34 heavy (non-hydrogen) atoms. The van der Waals surface area contributed by atoms with E-state index in [4.69, 9.17) is 4.74 Å². The monoisotopic (exact) mass is 454 g/mol. The number of hydrogen-bond donors (Lipinski definition) is 2. The fourth-order valence-corrected chi connectivity index (χ4v) is 4.33. The summed E-state index contributed by atoms with van der Waals surface area (Å²) < 4.78 is 5.67. The highest BCUT2D eigenvalue weighted by Crippen LogP contribution is 2.32. The van der Waals surface area contributed by atoms with Gasteiger partial charge in [-0.25, -0.2) is 9.97 Å². The summed E-state index contributed by atoms with van der Waals surface area (Å²) in [4.78, 5) is 30.2. The Hall–Kier alpha value is -3.91. The highest BCUT2D eigenvalue weighted by Gasteiger charge is 2.21. The SMILES string of the molecule is CNC(=O)c1ccnc2c(C(C)CNc3cc(-c4cnc5c(c4)C(C)OC5)ncn3)cccc12. The molecule has 8 nitrogen and oxygen atoms in total.